The zero-order valence-corrected chi connectivity index (χ0v) is 31.4. The molecule has 2 fully saturated rings. The summed E-state index contributed by atoms with van der Waals surface area (Å²) in [5, 5.41) is 0. The zero-order chi connectivity index (χ0) is 37.5. The second-order valence-corrected chi connectivity index (χ2v) is 16.1. The van der Waals surface area contributed by atoms with E-state index in [0.717, 1.165) is 22.3 Å². The molecule has 0 bridgehead atoms. The molecule has 1 amide bonds. The summed E-state index contributed by atoms with van der Waals surface area (Å²) in [7, 11) is -3.91. The molecule has 1 aliphatic carbocycles. The third-order valence-electron chi connectivity index (χ3n) is 10.5. The Hall–Kier alpha value is -5.25. The highest BCUT2D eigenvalue weighted by Crippen LogP contribution is 2.35. The van der Waals surface area contributed by atoms with E-state index in [9.17, 15) is 18.0 Å². The maximum Gasteiger partial charge on any atom is 0.342 e. The van der Waals surface area contributed by atoms with Crippen molar-refractivity contribution in [3.8, 4) is 5.75 Å². The second kappa shape index (κ2) is 16.8. The van der Waals surface area contributed by atoms with Crippen LogP contribution >= 0.6 is 0 Å². The molecular formula is C45H46N2O6S. The number of esters is 1. The normalized spacial score (nSPS) is 16.3. The molecule has 54 heavy (non-hydrogen) atoms. The van der Waals surface area contributed by atoms with Crippen LogP contribution < -0.4 is 9.64 Å². The van der Waals surface area contributed by atoms with E-state index in [4.69, 9.17) is 9.47 Å². The minimum Gasteiger partial charge on any atom is -0.488 e. The lowest BCUT2D eigenvalue weighted by Gasteiger charge is -2.41. The molecule has 0 N–H and O–H groups in total. The van der Waals surface area contributed by atoms with Crippen LogP contribution in [0.1, 0.15) is 82.6 Å². The highest BCUT2D eigenvalue weighted by atomic mass is 32.2. The minimum absolute atomic E-state index is 0.0913. The van der Waals surface area contributed by atoms with Crippen LogP contribution in [0.25, 0.3) is 0 Å². The van der Waals surface area contributed by atoms with Crippen LogP contribution in [0.15, 0.2) is 132 Å². The first-order chi connectivity index (χ1) is 26.3. The van der Waals surface area contributed by atoms with Gasteiger partial charge in [0.25, 0.3) is 0 Å². The fourth-order valence-electron chi connectivity index (χ4n) is 7.24. The summed E-state index contributed by atoms with van der Waals surface area (Å²) in [6.07, 6.45) is 6.52. The van der Waals surface area contributed by atoms with Crippen LogP contribution in [0.3, 0.4) is 0 Å². The fourth-order valence-corrected chi connectivity index (χ4v) is 8.86. The Morgan fingerprint density at radius 3 is 2.00 bits per heavy atom. The van der Waals surface area contributed by atoms with Crippen molar-refractivity contribution in [1.29, 1.82) is 0 Å². The van der Waals surface area contributed by atoms with Crippen molar-refractivity contribution in [3.05, 3.63) is 161 Å². The van der Waals surface area contributed by atoms with Crippen molar-refractivity contribution in [2.24, 2.45) is 0 Å². The van der Waals surface area contributed by atoms with E-state index in [1.807, 2.05) is 67.6 Å². The number of carbonyl (C=O) groups is 2. The quantitative estimate of drug-likeness (QED) is 0.112. The molecule has 9 heteroatoms. The Morgan fingerprint density at radius 2 is 1.37 bits per heavy atom. The van der Waals surface area contributed by atoms with Crippen molar-refractivity contribution in [2.45, 2.75) is 82.1 Å². The molecule has 1 heterocycles. The molecule has 0 aromatic heterocycles. The molecule has 0 radical (unpaired) electrons. The SMILES string of the molecule is Cc1ccc(S(=O)(=O)N2CC[C@@H]2C(=O)N(Cc2ccc(C3CCCCC3)cc2)c2ccc(C(=O)OCc3ccccc3)c(OCc3ccccc3)c2)cc1. The van der Waals surface area contributed by atoms with Crippen LogP contribution in [0.4, 0.5) is 5.69 Å². The van der Waals surface area contributed by atoms with Gasteiger partial charge in [0.05, 0.1) is 11.4 Å². The maximum atomic E-state index is 14.6. The number of ether oxygens (including phenoxy) is 2. The van der Waals surface area contributed by atoms with Gasteiger partial charge >= 0.3 is 5.97 Å². The van der Waals surface area contributed by atoms with Gasteiger partial charge in [-0.05, 0) is 78.6 Å². The number of aryl methyl sites for hydroxylation is 1. The Morgan fingerprint density at radius 1 is 0.722 bits per heavy atom. The predicted molar refractivity (Wildman–Crippen MR) is 210 cm³/mol. The number of anilines is 1. The lowest BCUT2D eigenvalue weighted by atomic mass is 9.84. The summed E-state index contributed by atoms with van der Waals surface area (Å²) in [4.78, 5) is 30.0. The molecule has 1 atom stereocenters. The first-order valence-electron chi connectivity index (χ1n) is 18.8. The van der Waals surface area contributed by atoms with E-state index >= 15 is 0 Å². The Labute approximate surface area is 318 Å². The zero-order valence-electron chi connectivity index (χ0n) is 30.6. The first-order valence-corrected chi connectivity index (χ1v) is 20.2. The van der Waals surface area contributed by atoms with Gasteiger partial charge in [-0.3, -0.25) is 4.79 Å². The minimum atomic E-state index is -3.91. The van der Waals surface area contributed by atoms with E-state index in [0.29, 0.717) is 18.0 Å². The highest BCUT2D eigenvalue weighted by molar-refractivity contribution is 7.89. The third-order valence-corrected chi connectivity index (χ3v) is 12.4. The molecule has 1 aliphatic heterocycles. The van der Waals surface area contributed by atoms with Gasteiger partial charge in [-0.2, -0.15) is 4.31 Å². The number of sulfonamides is 1. The summed E-state index contributed by atoms with van der Waals surface area (Å²) in [5.74, 6) is -0.0992. The van der Waals surface area contributed by atoms with Gasteiger partial charge in [0.1, 0.15) is 30.6 Å². The highest BCUT2D eigenvalue weighted by Gasteiger charge is 2.45. The van der Waals surface area contributed by atoms with Crippen LogP contribution in [-0.2, 0) is 39.3 Å². The Bertz CT molecular complexity index is 2150. The van der Waals surface area contributed by atoms with Gasteiger partial charge in [0.15, 0.2) is 0 Å². The van der Waals surface area contributed by atoms with Gasteiger partial charge < -0.3 is 14.4 Å². The summed E-state index contributed by atoms with van der Waals surface area (Å²) < 4.78 is 40.9. The number of hydrogen-bond donors (Lipinski definition) is 0. The van der Waals surface area contributed by atoms with Crippen LogP contribution in [0.5, 0.6) is 5.75 Å². The van der Waals surface area contributed by atoms with Gasteiger partial charge in [-0.1, -0.05) is 122 Å². The van der Waals surface area contributed by atoms with E-state index in [1.165, 1.54) is 42.0 Å². The molecule has 0 spiro atoms. The van der Waals surface area contributed by atoms with Crippen LogP contribution in [0, 0.1) is 6.92 Å². The molecular weight excluding hydrogens is 697 g/mol. The Balaban J connectivity index is 1.21. The second-order valence-electron chi connectivity index (χ2n) is 14.3. The van der Waals surface area contributed by atoms with Gasteiger partial charge in [0.2, 0.25) is 15.9 Å². The molecule has 0 unspecified atom stereocenters. The molecule has 8 nitrogen and oxygen atoms in total. The molecule has 5 aromatic carbocycles. The van der Waals surface area contributed by atoms with Crippen molar-refractivity contribution < 1.29 is 27.5 Å². The van der Waals surface area contributed by atoms with E-state index < -0.39 is 22.0 Å². The summed E-state index contributed by atoms with van der Waals surface area (Å²) in [6.45, 7) is 2.62. The number of rotatable bonds is 13. The number of hydrogen-bond acceptors (Lipinski definition) is 6. The third kappa shape index (κ3) is 8.59. The monoisotopic (exact) mass is 742 g/mol. The molecule has 2 aliphatic rings. The Kier molecular flexibility index (Phi) is 11.6. The molecule has 278 valence electrons. The smallest absolute Gasteiger partial charge is 0.342 e. The summed E-state index contributed by atoms with van der Waals surface area (Å²) >= 11 is 0. The predicted octanol–water partition coefficient (Wildman–Crippen LogP) is 8.98. The average Bonchev–Trinajstić information content (AvgIpc) is 3.19. The fraction of sp³-hybridized carbons (Fsp3) is 0.289. The van der Waals surface area contributed by atoms with E-state index in [1.54, 1.807) is 47.4 Å². The standard InChI is InChI=1S/C45H46N2O6S/c1-33-17-24-40(25-18-33)54(50,51)47-28-27-42(47)44(48)46(30-34-19-21-38(22-20-34)37-15-9-4-10-16-37)39-23-26-41(45(49)53-32-36-13-7-3-8-14-36)43(29-39)52-31-35-11-5-2-6-12-35/h2-3,5-8,11-14,17-26,29,37,42H,4,9-10,15-16,27-28,30-32H2,1H3/t42-/m1/s1. The summed E-state index contributed by atoms with van der Waals surface area (Å²) in [6, 6.07) is 38.3. The largest absolute Gasteiger partial charge is 0.488 e. The summed E-state index contributed by atoms with van der Waals surface area (Å²) in [5.41, 5.74) is 5.63. The topological polar surface area (TPSA) is 93.2 Å². The van der Waals surface area contributed by atoms with Crippen LogP contribution in [-0.4, -0.2) is 37.2 Å². The molecule has 1 saturated carbocycles. The van der Waals surface area contributed by atoms with Gasteiger partial charge in [-0.25, -0.2) is 13.2 Å². The molecule has 5 aromatic rings. The van der Waals surface area contributed by atoms with E-state index in [-0.39, 0.29) is 48.4 Å². The lowest BCUT2D eigenvalue weighted by molar-refractivity contribution is -0.125. The van der Waals surface area contributed by atoms with Crippen LogP contribution in [0.2, 0.25) is 0 Å². The van der Waals surface area contributed by atoms with E-state index in [2.05, 4.69) is 24.3 Å². The van der Waals surface area contributed by atoms with Gasteiger partial charge in [-0.15, -0.1) is 0 Å². The number of amides is 1. The maximum absolute atomic E-state index is 14.6. The first kappa shape index (κ1) is 37.1. The van der Waals surface area contributed by atoms with Gasteiger partial charge in [0, 0.05) is 18.3 Å². The van der Waals surface area contributed by atoms with Crippen molar-refractivity contribution in [2.75, 3.05) is 11.4 Å². The average molecular weight is 743 g/mol. The lowest BCUT2D eigenvalue weighted by Crippen LogP contribution is -2.58. The number of nitrogens with zero attached hydrogens (tertiary/aromatic N) is 2. The van der Waals surface area contributed by atoms with Crippen molar-refractivity contribution >= 4 is 27.6 Å². The van der Waals surface area contributed by atoms with Crippen molar-refractivity contribution in [3.63, 3.8) is 0 Å². The van der Waals surface area contributed by atoms with Crippen molar-refractivity contribution in [1.82, 2.24) is 4.31 Å². The molecule has 7 rings (SSSR count). The number of carbonyl (C=O) groups excluding carboxylic acids is 2. The number of benzene rings is 5. The molecule has 1 saturated heterocycles.